The molecule has 0 atom stereocenters. The van der Waals surface area contributed by atoms with Crippen LogP contribution in [-0.4, -0.2) is 0 Å². The van der Waals surface area contributed by atoms with Gasteiger partial charge < -0.3 is 5.32 Å². The fraction of sp³-hybridized carbons (Fsp3) is 0.0667. The number of rotatable bonds is 3. The van der Waals surface area contributed by atoms with E-state index in [9.17, 15) is 0 Å². The Labute approximate surface area is 129 Å². The summed E-state index contributed by atoms with van der Waals surface area (Å²) in [4.78, 5) is 1.17. The highest BCUT2D eigenvalue weighted by atomic mass is 79.9. The molecule has 0 aliphatic carbocycles. The normalized spacial score (nSPS) is 10.8. The smallest absolute Gasteiger partial charge is 0.0642 e. The van der Waals surface area contributed by atoms with E-state index in [1.165, 1.54) is 9.58 Å². The van der Waals surface area contributed by atoms with Crippen molar-refractivity contribution in [1.82, 2.24) is 0 Å². The van der Waals surface area contributed by atoms with Gasteiger partial charge in [-0.3, -0.25) is 0 Å². The van der Waals surface area contributed by atoms with Crippen molar-refractivity contribution >= 4 is 54.6 Å². The number of para-hydroxylation sites is 1. The summed E-state index contributed by atoms with van der Waals surface area (Å²) in [5.41, 5.74) is 1.08. The van der Waals surface area contributed by atoms with Crippen molar-refractivity contribution in [3.63, 3.8) is 0 Å². The Morgan fingerprint density at radius 3 is 2.58 bits per heavy atom. The fourth-order valence-corrected chi connectivity index (χ4v) is 3.82. The average Bonchev–Trinajstić information content (AvgIpc) is 2.75. The van der Waals surface area contributed by atoms with E-state index in [4.69, 9.17) is 11.6 Å². The molecule has 0 unspecified atom stereocenters. The number of thiophene rings is 1. The predicted octanol–water partition coefficient (Wildman–Crippen LogP) is 5.93. The van der Waals surface area contributed by atoms with Crippen molar-refractivity contribution in [3.8, 4) is 0 Å². The first kappa shape index (κ1) is 13.0. The highest BCUT2D eigenvalue weighted by Crippen LogP contribution is 2.35. The molecule has 0 saturated carbocycles. The van der Waals surface area contributed by atoms with Crippen LogP contribution in [0.5, 0.6) is 0 Å². The molecular weight excluding hydrogens is 342 g/mol. The van der Waals surface area contributed by atoms with Gasteiger partial charge in [0.1, 0.15) is 0 Å². The van der Waals surface area contributed by atoms with E-state index in [2.05, 4.69) is 33.4 Å². The maximum atomic E-state index is 6.42. The Bertz CT molecular complexity index is 723. The van der Waals surface area contributed by atoms with Crippen LogP contribution in [0.4, 0.5) is 5.69 Å². The average molecular weight is 353 g/mol. The molecule has 19 heavy (non-hydrogen) atoms. The fourth-order valence-electron chi connectivity index (χ4n) is 1.96. The molecule has 0 spiro atoms. The van der Waals surface area contributed by atoms with E-state index < -0.39 is 0 Å². The Morgan fingerprint density at radius 2 is 1.79 bits per heavy atom. The first-order valence-corrected chi connectivity index (χ1v) is 7.89. The van der Waals surface area contributed by atoms with Gasteiger partial charge in [-0.05, 0) is 34.1 Å². The Balaban J connectivity index is 1.86. The second-order valence-corrected chi connectivity index (χ2v) is 6.54. The van der Waals surface area contributed by atoms with Crippen LogP contribution in [0.15, 0.2) is 53.0 Å². The summed E-state index contributed by atoms with van der Waals surface area (Å²) in [5, 5.41) is 5.41. The van der Waals surface area contributed by atoms with Crippen molar-refractivity contribution < 1.29 is 0 Å². The Morgan fingerprint density at radius 1 is 1.05 bits per heavy atom. The maximum Gasteiger partial charge on any atom is 0.0642 e. The predicted molar refractivity (Wildman–Crippen MR) is 88.3 cm³/mol. The minimum atomic E-state index is 0.737. The van der Waals surface area contributed by atoms with E-state index in [1.807, 2.05) is 36.4 Å². The van der Waals surface area contributed by atoms with Crippen molar-refractivity contribution in [2.45, 2.75) is 6.54 Å². The SMILES string of the molecule is Clc1c(CNc2ccccc2Br)sc2ccccc12. The van der Waals surface area contributed by atoms with E-state index in [0.29, 0.717) is 0 Å². The summed E-state index contributed by atoms with van der Waals surface area (Å²) in [7, 11) is 0. The molecule has 3 rings (SSSR count). The summed E-state index contributed by atoms with van der Waals surface area (Å²) in [6.07, 6.45) is 0. The molecule has 0 aliphatic heterocycles. The van der Waals surface area contributed by atoms with Crippen LogP contribution < -0.4 is 5.32 Å². The number of hydrogen-bond donors (Lipinski definition) is 1. The Hall–Kier alpha value is -1.03. The zero-order valence-electron chi connectivity index (χ0n) is 9.99. The third kappa shape index (κ3) is 2.64. The largest absolute Gasteiger partial charge is 0.379 e. The molecule has 96 valence electrons. The number of nitrogens with one attached hydrogen (secondary N) is 1. The molecular formula is C15H11BrClNS. The van der Waals surface area contributed by atoms with Gasteiger partial charge in [0.15, 0.2) is 0 Å². The van der Waals surface area contributed by atoms with Crippen LogP contribution in [-0.2, 0) is 6.54 Å². The van der Waals surface area contributed by atoms with Gasteiger partial charge in [0.25, 0.3) is 0 Å². The van der Waals surface area contributed by atoms with Crippen molar-refractivity contribution in [2.24, 2.45) is 0 Å². The molecule has 1 aromatic heterocycles. The molecule has 1 heterocycles. The third-order valence-electron chi connectivity index (χ3n) is 2.91. The summed E-state index contributed by atoms with van der Waals surface area (Å²) in [6.45, 7) is 0.737. The first-order chi connectivity index (χ1) is 9.25. The lowest BCUT2D eigenvalue weighted by molar-refractivity contribution is 1.19. The van der Waals surface area contributed by atoms with Gasteiger partial charge >= 0.3 is 0 Å². The van der Waals surface area contributed by atoms with Gasteiger partial charge in [0, 0.05) is 25.1 Å². The van der Waals surface area contributed by atoms with E-state index in [0.717, 1.165) is 27.1 Å². The highest BCUT2D eigenvalue weighted by Gasteiger charge is 2.09. The second kappa shape index (κ2) is 5.53. The molecule has 0 aliphatic rings. The lowest BCUT2D eigenvalue weighted by atomic mass is 10.2. The highest BCUT2D eigenvalue weighted by molar-refractivity contribution is 9.10. The van der Waals surface area contributed by atoms with Crippen LogP contribution in [0.2, 0.25) is 5.02 Å². The quantitative estimate of drug-likeness (QED) is 0.616. The maximum absolute atomic E-state index is 6.42. The molecule has 2 aromatic carbocycles. The number of fused-ring (bicyclic) bond motifs is 1. The number of anilines is 1. The van der Waals surface area contributed by atoms with E-state index in [-0.39, 0.29) is 0 Å². The molecule has 3 aromatic rings. The summed E-state index contributed by atoms with van der Waals surface area (Å²) < 4.78 is 2.30. The zero-order chi connectivity index (χ0) is 13.2. The topological polar surface area (TPSA) is 12.0 Å². The standard InChI is InChI=1S/C15H11BrClNS/c16-11-6-2-3-7-12(11)18-9-14-15(17)10-5-1-4-8-13(10)19-14/h1-8,18H,9H2. The monoisotopic (exact) mass is 351 g/mol. The third-order valence-corrected chi connectivity index (χ3v) is 5.32. The number of hydrogen-bond acceptors (Lipinski definition) is 2. The molecule has 4 heteroatoms. The van der Waals surface area contributed by atoms with Gasteiger partial charge in [-0.2, -0.15) is 0 Å². The van der Waals surface area contributed by atoms with Gasteiger partial charge in [-0.15, -0.1) is 11.3 Å². The minimum Gasteiger partial charge on any atom is -0.379 e. The molecule has 0 fully saturated rings. The van der Waals surface area contributed by atoms with Crippen molar-refractivity contribution in [2.75, 3.05) is 5.32 Å². The van der Waals surface area contributed by atoms with Gasteiger partial charge in [-0.25, -0.2) is 0 Å². The minimum absolute atomic E-state index is 0.737. The lowest BCUT2D eigenvalue weighted by Crippen LogP contribution is -1.98. The first-order valence-electron chi connectivity index (χ1n) is 5.90. The number of halogens is 2. The van der Waals surface area contributed by atoms with Crippen LogP contribution in [0, 0.1) is 0 Å². The summed E-state index contributed by atoms with van der Waals surface area (Å²) in [6, 6.07) is 16.3. The molecule has 0 amide bonds. The lowest BCUT2D eigenvalue weighted by Gasteiger charge is -2.07. The Kier molecular flexibility index (Phi) is 3.78. The second-order valence-electron chi connectivity index (χ2n) is 4.17. The molecule has 0 saturated heterocycles. The van der Waals surface area contributed by atoms with Crippen LogP contribution >= 0.6 is 38.9 Å². The van der Waals surface area contributed by atoms with Gasteiger partial charge in [0.05, 0.1) is 11.6 Å². The van der Waals surface area contributed by atoms with Gasteiger partial charge in [-0.1, -0.05) is 41.9 Å². The summed E-state index contributed by atoms with van der Waals surface area (Å²) >= 11 is 11.7. The van der Waals surface area contributed by atoms with Crippen LogP contribution in [0.3, 0.4) is 0 Å². The molecule has 0 bridgehead atoms. The zero-order valence-corrected chi connectivity index (χ0v) is 13.1. The van der Waals surface area contributed by atoms with Crippen LogP contribution in [0.1, 0.15) is 4.88 Å². The molecule has 1 N–H and O–H groups in total. The molecule has 1 nitrogen and oxygen atoms in total. The van der Waals surface area contributed by atoms with E-state index in [1.54, 1.807) is 11.3 Å². The summed E-state index contributed by atoms with van der Waals surface area (Å²) in [5.74, 6) is 0. The van der Waals surface area contributed by atoms with Crippen LogP contribution in [0.25, 0.3) is 10.1 Å². The van der Waals surface area contributed by atoms with E-state index >= 15 is 0 Å². The number of benzene rings is 2. The molecule has 0 radical (unpaired) electrons. The van der Waals surface area contributed by atoms with Crippen molar-refractivity contribution in [3.05, 3.63) is 62.9 Å². The van der Waals surface area contributed by atoms with Gasteiger partial charge in [0.2, 0.25) is 0 Å². The van der Waals surface area contributed by atoms with Crippen molar-refractivity contribution in [1.29, 1.82) is 0 Å².